The first-order valence-electron chi connectivity index (χ1n) is 10.2. The van der Waals surface area contributed by atoms with Crippen LogP contribution in [0.1, 0.15) is 38.4 Å². The molecular formula is C25H26N4O2. The zero-order chi connectivity index (χ0) is 22.3. The minimum Gasteiger partial charge on any atom is -0.350 e. The number of hydrogen-bond donors (Lipinski definition) is 2. The second-order valence-corrected chi connectivity index (χ2v) is 8.15. The van der Waals surface area contributed by atoms with Crippen LogP contribution >= 0.6 is 0 Å². The molecule has 0 radical (unpaired) electrons. The number of hydrogen-bond acceptors (Lipinski definition) is 3. The van der Waals surface area contributed by atoms with Gasteiger partial charge >= 0.3 is 0 Å². The maximum absolute atomic E-state index is 13.3. The Labute approximate surface area is 181 Å². The Bertz CT molecular complexity index is 1360. The van der Waals surface area contributed by atoms with E-state index in [2.05, 4.69) is 21.4 Å². The quantitative estimate of drug-likeness (QED) is 0.528. The van der Waals surface area contributed by atoms with Crippen LogP contribution in [-0.4, -0.2) is 20.4 Å². The van der Waals surface area contributed by atoms with Gasteiger partial charge < -0.3 is 14.9 Å². The number of fused-ring (bicyclic) bond motifs is 1. The molecular weight excluding hydrogens is 388 g/mol. The fourth-order valence-corrected chi connectivity index (χ4v) is 4.09. The van der Waals surface area contributed by atoms with E-state index in [1.54, 1.807) is 0 Å². The Kier molecular flexibility index (Phi) is 5.23. The van der Waals surface area contributed by atoms with Gasteiger partial charge in [-0.05, 0) is 68.7 Å². The van der Waals surface area contributed by atoms with Crippen LogP contribution in [0.15, 0.2) is 47.5 Å². The highest BCUT2D eigenvalue weighted by atomic mass is 16.1. The molecule has 0 fully saturated rings. The van der Waals surface area contributed by atoms with Gasteiger partial charge in [0.2, 0.25) is 0 Å². The third kappa shape index (κ3) is 3.89. The lowest BCUT2D eigenvalue weighted by atomic mass is 9.98. The zero-order valence-electron chi connectivity index (χ0n) is 18.5. The van der Waals surface area contributed by atoms with Crippen molar-refractivity contribution in [3.63, 3.8) is 0 Å². The second kappa shape index (κ2) is 7.87. The van der Waals surface area contributed by atoms with E-state index in [9.17, 15) is 9.59 Å². The molecule has 31 heavy (non-hydrogen) atoms. The minimum absolute atomic E-state index is 0.168. The molecule has 3 aromatic heterocycles. The first-order valence-corrected chi connectivity index (χ1v) is 10.2. The fraction of sp³-hybridized carbons (Fsp3) is 0.240. The highest BCUT2D eigenvalue weighted by molar-refractivity contribution is 6.09. The van der Waals surface area contributed by atoms with Crippen LogP contribution in [0, 0.1) is 27.7 Å². The number of benzene rings is 1. The Morgan fingerprint density at radius 3 is 2.52 bits per heavy atom. The van der Waals surface area contributed by atoms with Gasteiger partial charge in [-0.25, -0.2) is 0 Å². The van der Waals surface area contributed by atoms with E-state index in [0.29, 0.717) is 11.1 Å². The van der Waals surface area contributed by atoms with Crippen LogP contribution in [0.25, 0.3) is 22.0 Å². The highest BCUT2D eigenvalue weighted by Gasteiger charge is 2.18. The lowest BCUT2D eigenvalue weighted by Gasteiger charge is -2.12. The molecule has 158 valence electrons. The monoisotopic (exact) mass is 414 g/mol. The van der Waals surface area contributed by atoms with E-state index in [0.717, 1.165) is 44.5 Å². The van der Waals surface area contributed by atoms with Crippen LogP contribution in [0.2, 0.25) is 0 Å². The van der Waals surface area contributed by atoms with Gasteiger partial charge in [-0.15, -0.1) is 0 Å². The Balaban J connectivity index is 1.76. The number of nitrogens with zero attached hydrogens (tertiary/aromatic N) is 2. The van der Waals surface area contributed by atoms with Gasteiger partial charge in [-0.3, -0.25) is 14.6 Å². The summed E-state index contributed by atoms with van der Waals surface area (Å²) >= 11 is 0. The molecule has 0 unspecified atom stereocenters. The van der Waals surface area contributed by atoms with Crippen LogP contribution in [-0.2, 0) is 13.6 Å². The van der Waals surface area contributed by atoms with E-state index < -0.39 is 0 Å². The maximum atomic E-state index is 13.3. The van der Waals surface area contributed by atoms with Gasteiger partial charge in [0.1, 0.15) is 0 Å². The summed E-state index contributed by atoms with van der Waals surface area (Å²) < 4.78 is 2.03. The maximum Gasteiger partial charge on any atom is 0.253 e. The van der Waals surface area contributed by atoms with Crippen molar-refractivity contribution in [2.75, 3.05) is 0 Å². The van der Waals surface area contributed by atoms with E-state index >= 15 is 0 Å². The van der Waals surface area contributed by atoms with E-state index in [1.165, 1.54) is 0 Å². The summed E-state index contributed by atoms with van der Waals surface area (Å²) in [4.78, 5) is 32.8. The van der Waals surface area contributed by atoms with Crippen molar-refractivity contribution in [2.24, 2.45) is 7.05 Å². The van der Waals surface area contributed by atoms with Crippen LogP contribution in [0.5, 0.6) is 0 Å². The van der Waals surface area contributed by atoms with E-state index in [-0.39, 0.29) is 18.0 Å². The number of carbonyl (C=O) groups is 1. The summed E-state index contributed by atoms with van der Waals surface area (Å²) in [5, 5.41) is 3.86. The molecule has 1 aromatic carbocycles. The largest absolute Gasteiger partial charge is 0.350 e. The molecule has 0 saturated carbocycles. The third-order valence-electron chi connectivity index (χ3n) is 5.69. The average molecular weight is 415 g/mol. The average Bonchev–Trinajstić information content (AvgIpc) is 3.00. The van der Waals surface area contributed by atoms with Crippen molar-refractivity contribution in [3.8, 4) is 11.1 Å². The molecule has 0 atom stereocenters. The number of rotatable bonds is 4. The molecule has 6 heteroatoms. The molecule has 6 nitrogen and oxygen atoms in total. The van der Waals surface area contributed by atoms with Crippen molar-refractivity contribution in [3.05, 3.63) is 86.7 Å². The summed E-state index contributed by atoms with van der Waals surface area (Å²) in [6.45, 7) is 7.84. The highest BCUT2D eigenvalue weighted by Crippen LogP contribution is 2.30. The minimum atomic E-state index is -0.208. The van der Waals surface area contributed by atoms with Crippen molar-refractivity contribution < 1.29 is 4.79 Å². The summed E-state index contributed by atoms with van der Waals surface area (Å²) in [5.74, 6) is -0.208. The molecule has 2 N–H and O–H groups in total. The number of carbonyl (C=O) groups excluding carboxylic acids is 1. The van der Waals surface area contributed by atoms with Gasteiger partial charge in [0.15, 0.2) is 0 Å². The van der Waals surface area contributed by atoms with Crippen molar-refractivity contribution in [1.29, 1.82) is 0 Å². The second-order valence-electron chi connectivity index (χ2n) is 8.15. The summed E-state index contributed by atoms with van der Waals surface area (Å²) in [7, 11) is 1.98. The predicted molar refractivity (Wildman–Crippen MR) is 123 cm³/mol. The van der Waals surface area contributed by atoms with Crippen LogP contribution in [0.3, 0.4) is 0 Å². The summed E-state index contributed by atoms with van der Waals surface area (Å²) in [5.41, 5.74) is 7.48. The summed E-state index contributed by atoms with van der Waals surface area (Å²) in [6.07, 6.45) is 3.84. The van der Waals surface area contributed by atoms with Crippen LogP contribution < -0.4 is 10.9 Å². The van der Waals surface area contributed by atoms with E-state index in [4.69, 9.17) is 0 Å². The molecule has 0 saturated heterocycles. The molecule has 0 aliphatic carbocycles. The zero-order valence-corrected chi connectivity index (χ0v) is 18.5. The van der Waals surface area contributed by atoms with Crippen molar-refractivity contribution in [2.45, 2.75) is 34.2 Å². The summed E-state index contributed by atoms with van der Waals surface area (Å²) in [6, 6.07) is 9.87. The third-order valence-corrected chi connectivity index (χ3v) is 5.69. The van der Waals surface area contributed by atoms with Gasteiger partial charge in [0.05, 0.1) is 0 Å². The fourth-order valence-electron chi connectivity index (χ4n) is 4.09. The normalized spacial score (nSPS) is 11.1. The van der Waals surface area contributed by atoms with Crippen LogP contribution in [0.4, 0.5) is 0 Å². The van der Waals surface area contributed by atoms with Crippen molar-refractivity contribution in [1.82, 2.24) is 19.9 Å². The first-order chi connectivity index (χ1) is 14.7. The lowest BCUT2D eigenvalue weighted by Crippen LogP contribution is -2.28. The Morgan fingerprint density at radius 1 is 1.06 bits per heavy atom. The topological polar surface area (TPSA) is 79.8 Å². The molecule has 4 rings (SSSR count). The number of nitrogens with one attached hydrogen (secondary N) is 2. The molecule has 0 aliphatic rings. The van der Waals surface area contributed by atoms with E-state index in [1.807, 2.05) is 76.0 Å². The van der Waals surface area contributed by atoms with Gasteiger partial charge in [0.25, 0.3) is 11.5 Å². The molecule has 1 amide bonds. The van der Waals surface area contributed by atoms with Crippen molar-refractivity contribution >= 4 is 16.8 Å². The lowest BCUT2D eigenvalue weighted by molar-refractivity contribution is 0.0952. The molecule has 0 spiro atoms. The molecule has 4 aromatic rings. The smallest absolute Gasteiger partial charge is 0.253 e. The van der Waals surface area contributed by atoms with Gasteiger partial charge in [-0.2, -0.15) is 0 Å². The number of aromatic nitrogens is 3. The standard InChI is InChI=1S/C25H26N4O2/c1-14-8-17(4)28-25(31)21(14)12-27-24(30)20-9-19(18-7-6-16(3)26-11-18)10-22-23(20)15(2)13-29(22)5/h6-11,13H,12H2,1-5H3,(H,27,30)(H,28,31). The Hall–Kier alpha value is -3.67. The Morgan fingerprint density at radius 2 is 1.84 bits per heavy atom. The number of amides is 1. The number of pyridine rings is 2. The predicted octanol–water partition coefficient (Wildman–Crippen LogP) is 4.09. The molecule has 0 bridgehead atoms. The SMILES string of the molecule is Cc1ccc(-c2cc(C(=O)NCc3c(C)cc(C)[nH]c3=O)c3c(C)cn(C)c3c2)cn1. The number of aromatic amines is 1. The van der Waals surface area contributed by atoms with Gasteiger partial charge in [-0.1, -0.05) is 6.07 Å². The number of H-pyrrole nitrogens is 1. The molecule has 0 aliphatic heterocycles. The molecule has 3 heterocycles. The van der Waals surface area contributed by atoms with Gasteiger partial charge in [0, 0.05) is 65.0 Å². The number of aryl methyl sites for hydroxylation is 5. The first kappa shape index (κ1) is 20.6.